The monoisotopic (exact) mass is 250 g/mol. The van der Waals surface area contributed by atoms with Crippen molar-refractivity contribution in [3.05, 3.63) is 28.8 Å². The van der Waals surface area contributed by atoms with Crippen LogP contribution in [0.5, 0.6) is 5.75 Å². The standard InChI is InChI=1S/C13H15ClN2O/c14-11-4-5-12-10(8-11)9-15-13(17-12)16-6-2-1-3-7-16/h4-5,8H,1-3,6-7,9H2. The SMILES string of the molecule is Clc1ccc2c(c1)CN=C(N1CCCCC1)O2. The molecular weight excluding hydrogens is 236 g/mol. The predicted octanol–water partition coefficient (Wildman–Crippen LogP) is 3.07. The molecule has 4 heteroatoms. The lowest BCUT2D eigenvalue weighted by atomic mass is 10.1. The van der Waals surface area contributed by atoms with Crippen LogP contribution in [0.15, 0.2) is 23.2 Å². The first-order valence-electron chi connectivity index (χ1n) is 6.08. The minimum absolute atomic E-state index is 0.668. The van der Waals surface area contributed by atoms with Gasteiger partial charge in [-0.2, -0.15) is 0 Å². The molecule has 3 rings (SSSR count). The van der Waals surface area contributed by atoms with Crippen LogP contribution in [0.2, 0.25) is 5.02 Å². The van der Waals surface area contributed by atoms with E-state index in [4.69, 9.17) is 16.3 Å². The second kappa shape index (κ2) is 4.57. The summed E-state index contributed by atoms with van der Waals surface area (Å²) in [6.07, 6.45) is 3.78. The predicted molar refractivity (Wildman–Crippen MR) is 68.6 cm³/mol. The summed E-state index contributed by atoms with van der Waals surface area (Å²) in [5.41, 5.74) is 1.07. The van der Waals surface area contributed by atoms with E-state index in [0.717, 1.165) is 35.4 Å². The molecule has 0 aromatic heterocycles. The summed E-state index contributed by atoms with van der Waals surface area (Å²) >= 11 is 5.95. The van der Waals surface area contributed by atoms with Crippen molar-refractivity contribution in [1.29, 1.82) is 0 Å². The lowest BCUT2D eigenvalue weighted by Crippen LogP contribution is -2.40. The van der Waals surface area contributed by atoms with Gasteiger partial charge in [0.25, 0.3) is 6.02 Å². The molecule has 0 N–H and O–H groups in total. The van der Waals surface area contributed by atoms with Crippen molar-refractivity contribution in [3.8, 4) is 5.75 Å². The third-order valence-electron chi connectivity index (χ3n) is 3.24. The summed E-state index contributed by atoms with van der Waals surface area (Å²) in [6, 6.07) is 6.49. The number of likely N-dealkylation sites (tertiary alicyclic amines) is 1. The second-order valence-corrected chi connectivity index (χ2v) is 4.94. The Morgan fingerprint density at radius 1 is 1.18 bits per heavy atom. The largest absolute Gasteiger partial charge is 0.426 e. The first kappa shape index (κ1) is 10.9. The normalized spacial score (nSPS) is 19.4. The van der Waals surface area contributed by atoms with E-state index in [0.29, 0.717) is 6.54 Å². The molecule has 1 fully saturated rings. The van der Waals surface area contributed by atoms with E-state index in [1.54, 1.807) is 0 Å². The molecular formula is C13H15ClN2O. The van der Waals surface area contributed by atoms with Crippen molar-refractivity contribution in [2.24, 2.45) is 4.99 Å². The third-order valence-corrected chi connectivity index (χ3v) is 3.47. The molecule has 1 saturated heterocycles. The van der Waals surface area contributed by atoms with Gasteiger partial charge in [0.05, 0.1) is 6.54 Å². The Morgan fingerprint density at radius 3 is 2.82 bits per heavy atom. The van der Waals surface area contributed by atoms with Gasteiger partial charge in [0.15, 0.2) is 0 Å². The van der Waals surface area contributed by atoms with E-state index in [-0.39, 0.29) is 0 Å². The lowest BCUT2D eigenvalue weighted by Gasteiger charge is -2.30. The van der Waals surface area contributed by atoms with Crippen LogP contribution in [-0.4, -0.2) is 24.0 Å². The number of halogens is 1. The minimum Gasteiger partial charge on any atom is -0.426 e. The average Bonchev–Trinajstić information content (AvgIpc) is 2.39. The summed E-state index contributed by atoms with van der Waals surface area (Å²) in [5, 5.41) is 0.740. The molecule has 2 heterocycles. The molecule has 90 valence electrons. The first-order chi connectivity index (χ1) is 8.33. The van der Waals surface area contributed by atoms with Crippen LogP contribution < -0.4 is 4.74 Å². The zero-order chi connectivity index (χ0) is 11.7. The number of fused-ring (bicyclic) bond motifs is 1. The van der Waals surface area contributed by atoms with Crippen LogP contribution in [0.1, 0.15) is 24.8 Å². The summed E-state index contributed by atoms with van der Waals surface area (Å²) in [7, 11) is 0. The highest BCUT2D eigenvalue weighted by atomic mass is 35.5. The smallest absolute Gasteiger partial charge is 0.293 e. The number of ether oxygens (including phenoxy) is 1. The number of aliphatic imine (C=N–C) groups is 1. The number of amidine groups is 1. The maximum Gasteiger partial charge on any atom is 0.293 e. The van der Waals surface area contributed by atoms with Gasteiger partial charge in [-0.1, -0.05) is 11.6 Å². The molecule has 17 heavy (non-hydrogen) atoms. The Labute approximate surface area is 106 Å². The summed E-state index contributed by atoms with van der Waals surface area (Å²) in [6.45, 7) is 2.78. The van der Waals surface area contributed by atoms with Gasteiger partial charge in [0.2, 0.25) is 0 Å². The Bertz CT molecular complexity index is 453. The number of hydrogen-bond donors (Lipinski definition) is 0. The summed E-state index contributed by atoms with van der Waals surface area (Å²) in [4.78, 5) is 6.73. The van der Waals surface area contributed by atoms with E-state index in [1.807, 2.05) is 18.2 Å². The summed E-state index contributed by atoms with van der Waals surface area (Å²) < 4.78 is 5.84. The molecule has 2 aliphatic heterocycles. The van der Waals surface area contributed by atoms with Gasteiger partial charge in [-0.25, -0.2) is 4.99 Å². The molecule has 0 radical (unpaired) electrons. The fourth-order valence-electron chi connectivity index (χ4n) is 2.30. The maximum atomic E-state index is 5.95. The topological polar surface area (TPSA) is 24.8 Å². The summed E-state index contributed by atoms with van der Waals surface area (Å²) in [5.74, 6) is 0.893. The van der Waals surface area contributed by atoms with Crippen molar-refractivity contribution >= 4 is 17.6 Å². The highest BCUT2D eigenvalue weighted by Crippen LogP contribution is 2.27. The van der Waals surface area contributed by atoms with E-state index in [1.165, 1.54) is 19.3 Å². The van der Waals surface area contributed by atoms with Crippen LogP contribution in [0.3, 0.4) is 0 Å². The molecule has 2 aliphatic rings. The quantitative estimate of drug-likeness (QED) is 0.707. The molecule has 0 amide bonds. The van der Waals surface area contributed by atoms with Crippen LogP contribution in [0.25, 0.3) is 0 Å². The Hall–Kier alpha value is -1.22. The zero-order valence-corrected chi connectivity index (χ0v) is 10.4. The average molecular weight is 251 g/mol. The highest BCUT2D eigenvalue weighted by Gasteiger charge is 2.21. The van der Waals surface area contributed by atoms with Crippen molar-refractivity contribution in [2.75, 3.05) is 13.1 Å². The van der Waals surface area contributed by atoms with Crippen molar-refractivity contribution in [2.45, 2.75) is 25.8 Å². The van der Waals surface area contributed by atoms with Crippen LogP contribution in [-0.2, 0) is 6.54 Å². The second-order valence-electron chi connectivity index (χ2n) is 4.50. The fourth-order valence-corrected chi connectivity index (χ4v) is 2.50. The molecule has 0 atom stereocenters. The van der Waals surface area contributed by atoms with Crippen LogP contribution in [0, 0.1) is 0 Å². The Kier molecular flexibility index (Phi) is 2.93. The Balaban J connectivity index is 1.78. The van der Waals surface area contributed by atoms with E-state index in [2.05, 4.69) is 9.89 Å². The number of rotatable bonds is 0. The van der Waals surface area contributed by atoms with Crippen molar-refractivity contribution in [3.63, 3.8) is 0 Å². The van der Waals surface area contributed by atoms with Gasteiger partial charge in [0.1, 0.15) is 5.75 Å². The van der Waals surface area contributed by atoms with Gasteiger partial charge in [0, 0.05) is 23.7 Å². The number of nitrogens with zero attached hydrogens (tertiary/aromatic N) is 2. The molecule has 0 bridgehead atoms. The maximum absolute atomic E-state index is 5.95. The van der Waals surface area contributed by atoms with Crippen molar-refractivity contribution in [1.82, 2.24) is 4.90 Å². The third kappa shape index (κ3) is 2.25. The van der Waals surface area contributed by atoms with Gasteiger partial charge >= 0.3 is 0 Å². The molecule has 1 aromatic rings. The number of benzene rings is 1. The van der Waals surface area contributed by atoms with Crippen molar-refractivity contribution < 1.29 is 4.74 Å². The Morgan fingerprint density at radius 2 is 2.00 bits per heavy atom. The molecule has 0 saturated carbocycles. The first-order valence-corrected chi connectivity index (χ1v) is 6.46. The number of piperidine rings is 1. The van der Waals surface area contributed by atoms with Gasteiger partial charge in [-0.3, -0.25) is 0 Å². The van der Waals surface area contributed by atoms with Gasteiger partial charge in [-0.05, 0) is 37.5 Å². The van der Waals surface area contributed by atoms with Gasteiger partial charge in [-0.15, -0.1) is 0 Å². The minimum atomic E-state index is 0.668. The molecule has 0 aliphatic carbocycles. The van der Waals surface area contributed by atoms with E-state index in [9.17, 15) is 0 Å². The van der Waals surface area contributed by atoms with Gasteiger partial charge < -0.3 is 9.64 Å². The van der Waals surface area contributed by atoms with E-state index >= 15 is 0 Å². The fraction of sp³-hybridized carbons (Fsp3) is 0.462. The zero-order valence-electron chi connectivity index (χ0n) is 9.66. The highest BCUT2D eigenvalue weighted by molar-refractivity contribution is 6.30. The molecule has 0 unspecified atom stereocenters. The molecule has 1 aromatic carbocycles. The van der Waals surface area contributed by atoms with Crippen LogP contribution >= 0.6 is 11.6 Å². The lowest BCUT2D eigenvalue weighted by molar-refractivity contribution is 0.285. The molecule has 3 nitrogen and oxygen atoms in total. The molecule has 0 spiro atoms. The number of hydrogen-bond acceptors (Lipinski definition) is 3. The van der Waals surface area contributed by atoms with E-state index < -0.39 is 0 Å². The van der Waals surface area contributed by atoms with Crippen LogP contribution in [0.4, 0.5) is 0 Å².